The molecule has 0 bridgehead atoms. The molecule has 9 saturated heterocycles. The average molecular weight is 1520 g/mol. The van der Waals surface area contributed by atoms with Crippen LogP contribution in [0.25, 0.3) is 0 Å². The molecule has 0 aromatic carbocycles. The van der Waals surface area contributed by atoms with E-state index < -0.39 is 32.0 Å². The second-order valence-electron chi connectivity index (χ2n) is 34.9. The minimum Gasteiger partial charge on any atom is -0.444 e. The van der Waals surface area contributed by atoms with E-state index in [1.165, 1.54) is 96.5 Å². The van der Waals surface area contributed by atoms with Crippen molar-refractivity contribution in [3.8, 4) is 0 Å². The summed E-state index contributed by atoms with van der Waals surface area (Å²) < 4.78 is 92.2. The van der Waals surface area contributed by atoms with Gasteiger partial charge in [-0.1, -0.05) is 131 Å². The van der Waals surface area contributed by atoms with Gasteiger partial charge < -0.3 is 51.2 Å². The van der Waals surface area contributed by atoms with E-state index in [9.17, 15) is 39.6 Å². The smallest absolute Gasteiger partial charge is 0.407 e. The first-order valence-electron chi connectivity index (χ1n) is 40.2. The molecule has 0 unspecified atom stereocenters. The zero-order valence-corrected chi connectivity index (χ0v) is 71.0. The van der Waals surface area contributed by atoms with E-state index in [1.54, 1.807) is 0 Å². The molecule has 0 aromatic heterocycles. The number of halogens is 3. The van der Waals surface area contributed by atoms with Gasteiger partial charge in [0.25, 0.3) is 0 Å². The van der Waals surface area contributed by atoms with Crippen molar-refractivity contribution in [2.75, 3.05) is 85.3 Å². The Balaban J connectivity index is 0.00000113. The summed E-state index contributed by atoms with van der Waals surface area (Å²) in [6.45, 7) is 51.9. The van der Waals surface area contributed by atoms with Gasteiger partial charge in [0.1, 0.15) is 31.3 Å². The molecule has 2 amide bonds. The third-order valence-electron chi connectivity index (χ3n) is 20.0. The summed E-state index contributed by atoms with van der Waals surface area (Å²) in [6, 6.07) is 3.52. The van der Waals surface area contributed by atoms with Crippen molar-refractivity contribution in [3.63, 3.8) is 0 Å². The molecule has 9 aliphatic heterocycles. The topological polar surface area (TPSA) is 237 Å². The maximum atomic E-state index is 12.6. The van der Waals surface area contributed by atoms with Gasteiger partial charge in [-0.15, -0.1) is 0 Å². The summed E-state index contributed by atoms with van der Waals surface area (Å²) >= 11 is 0. The quantitative estimate of drug-likeness (QED) is 0.0553. The van der Waals surface area contributed by atoms with Gasteiger partial charge in [-0.3, -0.25) is 4.90 Å². The third kappa shape index (κ3) is 50.6. The van der Waals surface area contributed by atoms with E-state index in [-0.39, 0.29) is 59.9 Å². The standard InChI is InChI=1S/C10H21N.C9H18FN.2C9H19NO2S.C9H19N.2C8H16FN.2C8H15NO2.CO2/c1-10(2)6-9-11-7-4-3-5-8-11;1-8(2)6-9-4-3-5-11(9)7-10;2*1-7(2)4-8-5-9(6-10-8)13(3,11)12;1-8(2)7-9-5-4-6-10(9)3;2*1-6(2)3-8-4-7(9)5-10-8;2*1-5(2)4-7-6(3)11-8(10)9-7;2-1-3/h10H,3-9H2,1-2H3;8-9H,3-7H2,1-2H3;2*7-10H,4-6H2,1-3H3;8-9H,4-7H2,1-3H3;2*6-8,10H,3-5H2,1-2H3;2*5-7H,4H2,1-3H3,(H,9,10);/t;9-;8-,9+;8-,9-;9-;7-,8+;7-,8-;6-,7+;6-,7-;/m.11110101./s1. The molecule has 103 heavy (non-hydrogen) atoms. The monoisotopic (exact) mass is 1510 g/mol. The molecule has 19 nitrogen and oxygen atoms in total. The second-order valence-corrected chi connectivity index (χ2v) is 39.5. The Morgan fingerprint density at radius 1 is 0.456 bits per heavy atom. The highest BCUT2D eigenvalue weighted by atomic mass is 32.2. The Morgan fingerprint density at radius 3 is 1.06 bits per heavy atom. The number of hydrogen-bond donors (Lipinski definition) is 6. The largest absolute Gasteiger partial charge is 0.444 e. The zero-order chi connectivity index (χ0) is 78.7. The molecule has 0 saturated carbocycles. The first kappa shape index (κ1) is 100. The number of cyclic esters (lactones) is 2. The fourth-order valence-electron chi connectivity index (χ4n) is 14.7. The third-order valence-corrected chi connectivity index (χ3v) is 23.1. The molecule has 0 aliphatic carbocycles. The molecule has 0 aromatic rings. The molecule has 14 atom stereocenters. The van der Waals surface area contributed by atoms with E-state index in [2.05, 4.69) is 173 Å². The van der Waals surface area contributed by atoms with E-state index in [0.717, 1.165) is 95.1 Å². The SMILES string of the molecule is CC(C)CCN1CCCCC1.CC(C)C[C@@H]1C[C@@H](F)CN1.CC(C)C[C@@H]1C[C@@H](S(C)(=O)=O)CN1.CC(C)C[C@@H]1C[C@H](F)CN1.CC(C)C[C@@H]1C[C@H](S(C)(=O)=O)CN1.CC(C)C[C@H]1CCCN1C.CC(C)C[C@H]1CCCN1CF.CC(C)C[C@H]1NC(=O)O[C@@H]1C.CC(C)C[C@H]1NC(=O)O[C@H]1C.O=C=O. The van der Waals surface area contributed by atoms with Crippen LogP contribution in [0.4, 0.5) is 22.8 Å². The molecule has 6 N–H and O–H groups in total. The summed E-state index contributed by atoms with van der Waals surface area (Å²) in [4.78, 5) is 44.7. The Labute approximate surface area is 628 Å². The number of ether oxygens (including phenoxy) is 2. The number of hydrogen-bond acceptors (Lipinski definition) is 17. The van der Waals surface area contributed by atoms with Gasteiger partial charge in [-0.05, 0) is 222 Å². The first-order valence-corrected chi connectivity index (χ1v) is 44.1. The van der Waals surface area contributed by atoms with Crippen LogP contribution in [0.3, 0.4) is 0 Å². The Kier molecular flexibility index (Phi) is 53.4. The van der Waals surface area contributed by atoms with Crippen molar-refractivity contribution in [2.24, 2.45) is 53.3 Å². The average Bonchev–Trinajstić information content (AvgIpc) is 1.65. The van der Waals surface area contributed by atoms with Gasteiger partial charge in [-0.2, -0.15) is 9.59 Å². The van der Waals surface area contributed by atoms with Crippen LogP contribution in [-0.2, 0) is 38.7 Å². The van der Waals surface area contributed by atoms with E-state index >= 15 is 0 Å². The van der Waals surface area contributed by atoms with Crippen LogP contribution in [0.1, 0.15) is 267 Å². The fraction of sp³-hybridized carbons (Fsp3) is 0.962. The predicted molar refractivity (Wildman–Crippen MR) is 420 cm³/mol. The van der Waals surface area contributed by atoms with E-state index in [4.69, 9.17) is 19.1 Å². The van der Waals surface area contributed by atoms with Gasteiger partial charge in [-0.25, -0.2) is 39.6 Å². The minimum atomic E-state index is -2.83. The maximum Gasteiger partial charge on any atom is 0.407 e. The predicted octanol–water partition coefficient (Wildman–Crippen LogP) is 14.6. The second kappa shape index (κ2) is 54.8. The van der Waals surface area contributed by atoms with Crippen molar-refractivity contribution >= 4 is 38.0 Å². The summed E-state index contributed by atoms with van der Waals surface area (Å²) in [5, 5.41) is 18.1. The van der Waals surface area contributed by atoms with Crippen molar-refractivity contribution in [1.82, 2.24) is 46.6 Å². The highest BCUT2D eigenvalue weighted by Crippen LogP contribution is 2.26. The van der Waals surface area contributed by atoms with Gasteiger partial charge in [0.2, 0.25) is 0 Å². The highest BCUT2D eigenvalue weighted by molar-refractivity contribution is 7.91. The molecule has 9 fully saturated rings. The van der Waals surface area contributed by atoms with Crippen molar-refractivity contribution < 1.29 is 58.7 Å². The molecule has 612 valence electrons. The maximum absolute atomic E-state index is 12.6. The molecule has 9 heterocycles. The number of likely N-dealkylation sites (tertiary alicyclic amines) is 3. The molecule has 0 spiro atoms. The van der Waals surface area contributed by atoms with Crippen LogP contribution < -0.4 is 31.9 Å². The number of amides is 2. The highest BCUT2D eigenvalue weighted by Gasteiger charge is 2.35. The first-order chi connectivity index (χ1) is 48.0. The van der Waals surface area contributed by atoms with Crippen LogP contribution >= 0.6 is 0 Å². The van der Waals surface area contributed by atoms with Crippen LogP contribution in [0.5, 0.6) is 0 Å². The van der Waals surface area contributed by atoms with Gasteiger partial charge in [0, 0.05) is 81.5 Å². The Morgan fingerprint density at radius 2 is 0.786 bits per heavy atom. The number of nitrogens with zero attached hydrogens (tertiary/aromatic N) is 3. The molecule has 0 radical (unpaired) electrons. The number of alkyl carbamates (subject to hydrolysis) is 2. The lowest BCUT2D eigenvalue weighted by Crippen LogP contribution is -2.31. The summed E-state index contributed by atoms with van der Waals surface area (Å²) in [5.41, 5.74) is 0. The van der Waals surface area contributed by atoms with E-state index in [1.807, 2.05) is 18.7 Å². The van der Waals surface area contributed by atoms with Crippen LogP contribution in [0, 0.1) is 53.3 Å². The number of nitrogens with one attached hydrogen (secondary N) is 6. The molecule has 24 heteroatoms. The lowest BCUT2D eigenvalue weighted by molar-refractivity contribution is -0.191. The van der Waals surface area contributed by atoms with E-state index in [0.29, 0.717) is 97.8 Å². The Hall–Kier alpha value is -2.67. The lowest BCUT2D eigenvalue weighted by atomic mass is 10.0. The number of carbonyl (C=O) groups excluding carboxylic acids is 4. The Bertz CT molecular complexity index is 2320. The van der Waals surface area contributed by atoms with Crippen molar-refractivity contribution in [1.29, 1.82) is 0 Å². The van der Waals surface area contributed by atoms with Gasteiger partial charge in [0.15, 0.2) is 19.7 Å². The molecular formula is C79H158F3N9O10S2. The normalized spacial score (nSPS) is 28.5. The summed E-state index contributed by atoms with van der Waals surface area (Å²) in [6.07, 6.45) is 24.1. The van der Waals surface area contributed by atoms with Crippen LogP contribution in [0.2, 0.25) is 0 Å². The summed E-state index contributed by atoms with van der Waals surface area (Å²) in [5.74, 6) is 6.28. The van der Waals surface area contributed by atoms with Crippen LogP contribution in [-0.4, -0.2) is 219 Å². The summed E-state index contributed by atoms with van der Waals surface area (Å²) in [7, 11) is -3.42. The number of rotatable bonds is 22. The lowest BCUT2D eigenvalue weighted by Gasteiger charge is -2.26. The zero-order valence-electron chi connectivity index (χ0n) is 69.4. The van der Waals surface area contributed by atoms with Crippen LogP contribution in [0.15, 0.2) is 0 Å². The minimum absolute atomic E-state index is 0.0323. The number of alkyl halides is 3. The van der Waals surface area contributed by atoms with Crippen molar-refractivity contribution in [2.45, 2.75) is 350 Å². The van der Waals surface area contributed by atoms with Gasteiger partial charge >= 0.3 is 18.3 Å². The molecule has 9 aliphatic rings. The number of sulfone groups is 2. The van der Waals surface area contributed by atoms with Crippen molar-refractivity contribution in [3.05, 3.63) is 0 Å². The molecule has 9 rings (SSSR count). The molecular weight excluding hydrogens is 1360 g/mol. The number of carbonyl (C=O) groups is 2. The number of piperidine rings is 1. The fourth-order valence-corrected chi connectivity index (χ4v) is 16.6. The van der Waals surface area contributed by atoms with Gasteiger partial charge in [0.05, 0.1) is 22.6 Å².